The van der Waals surface area contributed by atoms with Crippen molar-refractivity contribution >= 4 is 11.9 Å². The first-order valence-electron chi connectivity index (χ1n) is 12.7. The molecule has 34 heavy (non-hydrogen) atoms. The van der Waals surface area contributed by atoms with Gasteiger partial charge in [-0.3, -0.25) is 0 Å². The Hall–Kier alpha value is -3.06. The molecule has 0 aliphatic heterocycles. The summed E-state index contributed by atoms with van der Waals surface area (Å²) in [6.45, 7) is 5.29. The smallest absolute Gasteiger partial charge is 0.338 e. The number of hydrogen-bond donors (Lipinski definition) is 0. The van der Waals surface area contributed by atoms with E-state index in [9.17, 15) is 9.59 Å². The molecule has 0 radical (unpaired) electrons. The molecule has 0 aliphatic carbocycles. The normalized spacial score (nSPS) is 10.3. The number of esters is 2. The molecule has 0 bridgehead atoms. The zero-order valence-corrected chi connectivity index (χ0v) is 20.7. The van der Waals surface area contributed by atoms with Gasteiger partial charge in [0.05, 0.1) is 24.3 Å². The Labute approximate surface area is 205 Å². The summed E-state index contributed by atoms with van der Waals surface area (Å²) in [7, 11) is 0. The molecule has 2 rings (SSSR count). The van der Waals surface area contributed by atoms with Gasteiger partial charge >= 0.3 is 11.9 Å². The maximum Gasteiger partial charge on any atom is 0.338 e. The highest BCUT2D eigenvalue weighted by Gasteiger charge is 2.07. The number of unbranched alkanes of at least 4 members (excludes halogenated alkanes) is 8. The molecule has 4 heteroatoms. The average molecular weight is 463 g/mol. The van der Waals surface area contributed by atoms with Gasteiger partial charge in [0.2, 0.25) is 0 Å². The molecule has 4 nitrogen and oxygen atoms in total. The quantitative estimate of drug-likeness (QED) is 0.167. The summed E-state index contributed by atoms with van der Waals surface area (Å²) in [5.74, 6) is 5.59. The van der Waals surface area contributed by atoms with Gasteiger partial charge < -0.3 is 9.47 Å². The van der Waals surface area contributed by atoms with Crippen LogP contribution in [0.1, 0.15) is 110 Å². The van der Waals surface area contributed by atoms with Crippen molar-refractivity contribution in [3.05, 3.63) is 70.8 Å². The Morgan fingerprint density at radius 3 is 1.26 bits per heavy atom. The molecule has 0 heterocycles. The fraction of sp³-hybridized carbons (Fsp3) is 0.467. The van der Waals surface area contributed by atoms with E-state index < -0.39 is 0 Å². The second-order valence-electron chi connectivity index (χ2n) is 8.50. The highest BCUT2D eigenvalue weighted by molar-refractivity contribution is 5.90. The molecule has 0 aliphatic rings. The molecule has 2 aromatic rings. The minimum Gasteiger partial charge on any atom is -0.462 e. The lowest BCUT2D eigenvalue weighted by Gasteiger charge is -2.05. The average Bonchev–Trinajstić information content (AvgIpc) is 2.87. The summed E-state index contributed by atoms with van der Waals surface area (Å²) >= 11 is 0. The highest BCUT2D eigenvalue weighted by atomic mass is 16.5. The zero-order chi connectivity index (χ0) is 24.4. The van der Waals surface area contributed by atoms with E-state index in [-0.39, 0.29) is 11.9 Å². The maximum atomic E-state index is 12.1. The van der Waals surface area contributed by atoms with Gasteiger partial charge in [0.15, 0.2) is 0 Å². The van der Waals surface area contributed by atoms with Crippen LogP contribution in [0.25, 0.3) is 0 Å². The Kier molecular flexibility index (Phi) is 13.2. The number of ether oxygens (including phenoxy) is 2. The molecule has 0 unspecified atom stereocenters. The van der Waals surface area contributed by atoms with Crippen molar-refractivity contribution in [1.82, 2.24) is 0 Å². The van der Waals surface area contributed by atoms with E-state index >= 15 is 0 Å². The Balaban J connectivity index is 1.77. The number of carbonyl (C=O) groups excluding carboxylic acids is 2. The number of rotatable bonds is 14. The van der Waals surface area contributed by atoms with Gasteiger partial charge in [0.1, 0.15) is 0 Å². The van der Waals surface area contributed by atoms with E-state index in [1.165, 1.54) is 38.5 Å². The third-order valence-electron chi connectivity index (χ3n) is 5.55. The van der Waals surface area contributed by atoms with E-state index in [4.69, 9.17) is 9.47 Å². The third-order valence-corrected chi connectivity index (χ3v) is 5.55. The number of benzene rings is 2. The van der Waals surface area contributed by atoms with Gasteiger partial charge in [-0.05, 0) is 61.4 Å². The van der Waals surface area contributed by atoms with E-state index in [0.29, 0.717) is 24.3 Å². The van der Waals surface area contributed by atoms with E-state index in [2.05, 4.69) is 25.7 Å². The van der Waals surface area contributed by atoms with Crippen LogP contribution in [-0.4, -0.2) is 25.2 Å². The molecule has 0 saturated carbocycles. The Morgan fingerprint density at radius 2 is 0.912 bits per heavy atom. The third kappa shape index (κ3) is 10.7. The summed E-state index contributed by atoms with van der Waals surface area (Å²) in [5.41, 5.74) is 2.69. The van der Waals surface area contributed by atoms with Gasteiger partial charge in [-0.1, -0.05) is 77.1 Å². The van der Waals surface area contributed by atoms with Gasteiger partial charge in [0.25, 0.3) is 0 Å². The van der Waals surface area contributed by atoms with Crippen LogP contribution < -0.4 is 0 Å². The van der Waals surface area contributed by atoms with Crippen molar-refractivity contribution < 1.29 is 19.1 Å². The second kappa shape index (κ2) is 16.5. The van der Waals surface area contributed by atoms with Crippen LogP contribution in [0, 0.1) is 11.8 Å². The Bertz CT molecular complexity index is 842. The fourth-order valence-electron chi connectivity index (χ4n) is 3.43. The molecule has 0 aromatic heterocycles. The molecular formula is C30H38O4. The fourth-order valence-corrected chi connectivity index (χ4v) is 3.43. The lowest BCUT2D eigenvalue weighted by molar-refractivity contribution is 0.0488. The lowest BCUT2D eigenvalue weighted by atomic mass is 10.1. The van der Waals surface area contributed by atoms with Crippen molar-refractivity contribution in [2.24, 2.45) is 0 Å². The minimum absolute atomic E-state index is 0.293. The van der Waals surface area contributed by atoms with Crippen molar-refractivity contribution in [1.29, 1.82) is 0 Å². The summed E-state index contributed by atoms with van der Waals surface area (Å²) in [6.07, 6.45) is 11.2. The summed E-state index contributed by atoms with van der Waals surface area (Å²) in [4.78, 5) is 24.3. The first-order valence-corrected chi connectivity index (χ1v) is 12.7. The monoisotopic (exact) mass is 462 g/mol. The van der Waals surface area contributed by atoms with Crippen LogP contribution in [0.4, 0.5) is 0 Å². The summed E-state index contributed by atoms with van der Waals surface area (Å²) in [5, 5.41) is 0. The molecule has 0 spiro atoms. The summed E-state index contributed by atoms with van der Waals surface area (Å²) < 4.78 is 10.7. The predicted molar refractivity (Wildman–Crippen MR) is 137 cm³/mol. The molecule has 0 saturated heterocycles. The molecule has 182 valence electrons. The number of hydrogen-bond acceptors (Lipinski definition) is 4. The first kappa shape index (κ1) is 27.2. The first-order chi connectivity index (χ1) is 16.6. The van der Waals surface area contributed by atoms with Gasteiger partial charge in [-0.15, -0.1) is 0 Å². The summed E-state index contributed by atoms with van der Waals surface area (Å²) in [6, 6.07) is 14.2. The van der Waals surface area contributed by atoms with Crippen LogP contribution in [0.3, 0.4) is 0 Å². The van der Waals surface area contributed by atoms with Gasteiger partial charge in [-0.25, -0.2) is 9.59 Å². The molecular weight excluding hydrogens is 424 g/mol. The van der Waals surface area contributed by atoms with Crippen LogP contribution in [0.15, 0.2) is 48.5 Å². The molecule has 0 amide bonds. The van der Waals surface area contributed by atoms with Crippen molar-refractivity contribution in [2.45, 2.75) is 78.1 Å². The minimum atomic E-state index is -0.293. The maximum absolute atomic E-state index is 12.1. The van der Waals surface area contributed by atoms with Crippen molar-refractivity contribution in [2.75, 3.05) is 13.2 Å². The molecule has 0 fully saturated rings. The van der Waals surface area contributed by atoms with Crippen LogP contribution >= 0.6 is 0 Å². The van der Waals surface area contributed by atoms with Gasteiger partial charge in [0, 0.05) is 11.1 Å². The van der Waals surface area contributed by atoms with Crippen LogP contribution in [0.5, 0.6) is 0 Å². The van der Waals surface area contributed by atoms with E-state index in [0.717, 1.165) is 36.8 Å². The molecule has 2 aromatic carbocycles. The highest BCUT2D eigenvalue weighted by Crippen LogP contribution is 2.10. The predicted octanol–water partition coefficient (Wildman–Crippen LogP) is 7.34. The standard InChI is InChI=1S/C30H38O4/c1-3-5-7-9-11-23-33-29(31)27-19-15-25(16-20-27)13-14-26-17-21-28(22-18-26)30(32)34-24-12-10-8-6-4-2/h15-22H,3-12,23-24H2,1-2H3. The van der Waals surface area contributed by atoms with Crippen LogP contribution in [-0.2, 0) is 9.47 Å². The van der Waals surface area contributed by atoms with E-state index in [1.807, 2.05) is 24.3 Å². The topological polar surface area (TPSA) is 52.6 Å². The van der Waals surface area contributed by atoms with Gasteiger partial charge in [-0.2, -0.15) is 0 Å². The zero-order valence-electron chi connectivity index (χ0n) is 20.7. The Morgan fingerprint density at radius 1 is 0.559 bits per heavy atom. The lowest BCUT2D eigenvalue weighted by Crippen LogP contribution is -2.06. The van der Waals surface area contributed by atoms with E-state index in [1.54, 1.807) is 24.3 Å². The molecule has 0 atom stereocenters. The molecule has 0 N–H and O–H groups in total. The second-order valence-corrected chi connectivity index (χ2v) is 8.50. The largest absolute Gasteiger partial charge is 0.462 e. The van der Waals surface area contributed by atoms with Crippen molar-refractivity contribution in [3.63, 3.8) is 0 Å². The van der Waals surface area contributed by atoms with Crippen molar-refractivity contribution in [3.8, 4) is 11.8 Å². The number of carbonyl (C=O) groups is 2. The van der Waals surface area contributed by atoms with Crippen LogP contribution in [0.2, 0.25) is 0 Å². The SMILES string of the molecule is CCCCCCCOC(=O)c1ccc(C#Cc2ccc(C(=O)OCCCCCCC)cc2)cc1.